The van der Waals surface area contributed by atoms with Crippen LogP contribution in [0.1, 0.15) is 21.6 Å². The maximum atomic E-state index is 13.0. The number of alkyl halides is 3. The number of carbonyl (C=O) groups excluding carboxylic acids is 1. The van der Waals surface area contributed by atoms with Crippen LogP contribution in [0.4, 0.5) is 13.2 Å². The van der Waals surface area contributed by atoms with Gasteiger partial charge in [0.2, 0.25) is 0 Å². The maximum absolute atomic E-state index is 13.0. The molecule has 0 aliphatic rings. The second kappa shape index (κ2) is 6.95. The lowest BCUT2D eigenvalue weighted by molar-refractivity contribution is -0.672. The number of para-hydroxylation sites is 1. The van der Waals surface area contributed by atoms with Crippen molar-refractivity contribution in [3.8, 4) is 0 Å². The molecular weight excluding hydrogens is 468 g/mol. The van der Waals surface area contributed by atoms with E-state index in [2.05, 4.69) is 4.98 Å². The van der Waals surface area contributed by atoms with Crippen molar-refractivity contribution >= 4 is 27.6 Å². The monoisotopic (exact) mass is 482 g/mol. The molecule has 0 amide bonds. The molecule has 0 fully saturated rings. The van der Waals surface area contributed by atoms with Crippen LogP contribution in [0, 0.1) is 0 Å². The van der Waals surface area contributed by atoms with Gasteiger partial charge in [-0.2, -0.15) is 17.7 Å². The van der Waals surface area contributed by atoms with Crippen molar-refractivity contribution in [2.45, 2.75) is 6.18 Å². The molecule has 1 N–H and O–H groups in total. The Morgan fingerprint density at radius 1 is 0.963 bits per heavy atom. The number of H-pyrrole nitrogens is 1. The van der Waals surface area contributed by atoms with Crippen LogP contribution in [-0.4, -0.2) is 10.8 Å². The number of aromatic amines is 1. The molecule has 2 aromatic heterocycles. The van der Waals surface area contributed by atoms with Gasteiger partial charge in [0.1, 0.15) is 12.6 Å². The number of halogens is 4. The number of benzene rings is 2. The number of hydrogen-bond donors (Lipinski definition) is 1. The first kappa shape index (κ1) is 19.3. The zero-order valence-corrected chi connectivity index (χ0v) is 16.3. The number of hydrogen-bond acceptors (Lipinski definition) is 1. The fourth-order valence-corrected chi connectivity index (χ4v) is 3.18. The average Bonchev–Trinajstić information content (AvgIpc) is 2.99. The fourth-order valence-electron chi connectivity index (χ4n) is 3.18. The molecular formula is C20H14F3IN2O. The Balaban J connectivity index is 0.00000210. The van der Waals surface area contributed by atoms with Crippen molar-refractivity contribution in [2.75, 3.05) is 0 Å². The minimum absolute atomic E-state index is 0. The summed E-state index contributed by atoms with van der Waals surface area (Å²) in [6, 6.07) is 13.9. The summed E-state index contributed by atoms with van der Waals surface area (Å²) in [5.74, 6) is -0.335. The first-order valence-electron chi connectivity index (χ1n) is 7.97. The van der Waals surface area contributed by atoms with Gasteiger partial charge >= 0.3 is 6.18 Å². The lowest BCUT2D eigenvalue weighted by atomic mass is 10.0. The van der Waals surface area contributed by atoms with E-state index in [-0.39, 0.29) is 35.3 Å². The van der Waals surface area contributed by atoms with Gasteiger partial charge in [0.05, 0.1) is 5.56 Å². The summed E-state index contributed by atoms with van der Waals surface area (Å²) in [4.78, 5) is 16.2. The van der Waals surface area contributed by atoms with Gasteiger partial charge in [-0.25, -0.2) is 0 Å². The van der Waals surface area contributed by atoms with Crippen LogP contribution >= 0.6 is 0 Å². The van der Waals surface area contributed by atoms with Crippen molar-refractivity contribution in [1.29, 1.82) is 0 Å². The van der Waals surface area contributed by atoms with Crippen LogP contribution in [0.15, 0.2) is 60.8 Å². The van der Waals surface area contributed by atoms with Gasteiger partial charge in [-0.05, 0) is 18.2 Å². The van der Waals surface area contributed by atoms with Crippen LogP contribution in [0.25, 0.3) is 21.8 Å². The van der Waals surface area contributed by atoms with Crippen molar-refractivity contribution in [3.63, 3.8) is 0 Å². The molecule has 0 unspecified atom stereocenters. The highest BCUT2D eigenvalue weighted by atomic mass is 127. The summed E-state index contributed by atoms with van der Waals surface area (Å²) in [6.45, 7) is 0. The number of aryl methyl sites for hydroxylation is 1. The van der Waals surface area contributed by atoms with Crippen molar-refractivity contribution in [3.05, 3.63) is 77.6 Å². The van der Waals surface area contributed by atoms with E-state index in [1.807, 2.05) is 30.3 Å². The number of nitrogens with one attached hydrogen (secondary N) is 1. The molecule has 0 saturated heterocycles. The van der Waals surface area contributed by atoms with Crippen LogP contribution in [0.3, 0.4) is 0 Å². The molecule has 4 rings (SSSR count). The molecule has 2 aromatic carbocycles. The van der Waals surface area contributed by atoms with E-state index in [0.717, 1.165) is 28.4 Å². The Bertz CT molecular complexity index is 1150. The Hall–Kier alpha value is -2.42. The predicted octanol–water partition coefficient (Wildman–Crippen LogP) is 1.40. The summed E-state index contributed by atoms with van der Waals surface area (Å²) in [7, 11) is 1.74. The van der Waals surface area contributed by atoms with Crippen LogP contribution in [-0.2, 0) is 13.2 Å². The van der Waals surface area contributed by atoms with Gasteiger partial charge < -0.3 is 29.0 Å². The lowest BCUT2D eigenvalue weighted by Gasteiger charge is -2.07. The highest BCUT2D eigenvalue weighted by Gasteiger charge is 2.31. The zero-order chi connectivity index (χ0) is 18.5. The molecule has 0 aliphatic heterocycles. The lowest BCUT2D eigenvalue weighted by Crippen LogP contribution is -3.00. The quantitative estimate of drug-likeness (QED) is 0.262. The Morgan fingerprint density at radius 2 is 1.63 bits per heavy atom. The van der Waals surface area contributed by atoms with Crippen LogP contribution < -0.4 is 28.5 Å². The molecule has 0 aliphatic carbocycles. The second-order valence-electron chi connectivity index (χ2n) is 6.14. The topological polar surface area (TPSA) is 36.7 Å². The minimum Gasteiger partial charge on any atom is -1.00 e. The molecule has 0 bridgehead atoms. The highest BCUT2D eigenvalue weighted by molar-refractivity contribution is 6.17. The summed E-state index contributed by atoms with van der Waals surface area (Å²) in [5, 5.41) is 1.89. The van der Waals surface area contributed by atoms with Gasteiger partial charge in [0, 0.05) is 27.9 Å². The normalized spacial score (nSPS) is 11.6. The van der Waals surface area contributed by atoms with E-state index < -0.39 is 11.7 Å². The fraction of sp³-hybridized carbons (Fsp3) is 0.100. The number of carbonyl (C=O) groups is 1. The third-order valence-electron chi connectivity index (χ3n) is 4.49. The molecule has 138 valence electrons. The van der Waals surface area contributed by atoms with Crippen molar-refractivity contribution in [1.82, 2.24) is 4.98 Å². The molecule has 2 heterocycles. The Morgan fingerprint density at radius 3 is 2.30 bits per heavy atom. The smallest absolute Gasteiger partial charge is 0.416 e. The first-order valence-corrected chi connectivity index (χ1v) is 7.97. The maximum Gasteiger partial charge on any atom is 0.416 e. The van der Waals surface area contributed by atoms with Crippen LogP contribution in [0.2, 0.25) is 0 Å². The molecule has 27 heavy (non-hydrogen) atoms. The number of pyridine rings is 1. The molecule has 0 spiro atoms. The zero-order valence-electron chi connectivity index (χ0n) is 14.1. The van der Waals surface area contributed by atoms with E-state index >= 15 is 0 Å². The van der Waals surface area contributed by atoms with Gasteiger partial charge in [0.15, 0.2) is 6.20 Å². The van der Waals surface area contributed by atoms with Gasteiger partial charge in [-0.3, -0.25) is 4.79 Å². The molecule has 0 radical (unpaired) electrons. The van der Waals surface area contributed by atoms with Crippen molar-refractivity contribution in [2.24, 2.45) is 7.05 Å². The Labute approximate surface area is 169 Å². The molecule has 7 heteroatoms. The van der Waals surface area contributed by atoms with Crippen molar-refractivity contribution < 1.29 is 46.5 Å². The number of ketones is 1. The largest absolute Gasteiger partial charge is 1.00 e. The third-order valence-corrected chi connectivity index (χ3v) is 4.49. The van der Waals surface area contributed by atoms with E-state index in [1.54, 1.807) is 17.8 Å². The van der Waals surface area contributed by atoms with E-state index in [1.165, 1.54) is 12.1 Å². The number of fused-ring (bicyclic) bond motifs is 3. The standard InChI is InChI=1S/C20H13F3N2O.HI/c1-25-11-10-15-14-4-2-3-5-16(14)24-17(15)18(25)19(26)12-6-8-13(9-7-12)20(21,22)23;/h2-11H,1H3;1H. The molecule has 3 nitrogen and oxygen atoms in total. The van der Waals surface area contributed by atoms with Gasteiger partial charge in [-0.15, -0.1) is 0 Å². The average molecular weight is 482 g/mol. The number of rotatable bonds is 2. The third kappa shape index (κ3) is 3.31. The summed E-state index contributed by atoms with van der Waals surface area (Å²) in [5.41, 5.74) is 1.40. The molecule has 0 atom stereocenters. The number of aromatic nitrogens is 2. The highest BCUT2D eigenvalue weighted by Crippen LogP contribution is 2.30. The molecule has 0 saturated carbocycles. The van der Waals surface area contributed by atoms with Gasteiger partial charge in [0.25, 0.3) is 11.5 Å². The summed E-state index contributed by atoms with van der Waals surface area (Å²) in [6.07, 6.45) is -2.65. The Kier molecular flexibility index (Phi) is 4.98. The molecule has 4 aromatic rings. The van der Waals surface area contributed by atoms with E-state index in [0.29, 0.717) is 11.2 Å². The summed E-state index contributed by atoms with van der Waals surface area (Å²) < 4.78 is 39.9. The van der Waals surface area contributed by atoms with Gasteiger partial charge in [-0.1, -0.05) is 30.3 Å². The SMILES string of the molecule is C[n+]1ccc2c([nH]c3ccccc32)c1C(=O)c1ccc(C(F)(F)F)cc1.[I-]. The van der Waals surface area contributed by atoms with E-state index in [4.69, 9.17) is 0 Å². The predicted molar refractivity (Wildman–Crippen MR) is 91.9 cm³/mol. The number of nitrogens with zero attached hydrogens (tertiary/aromatic N) is 1. The minimum atomic E-state index is -4.43. The summed E-state index contributed by atoms with van der Waals surface area (Å²) >= 11 is 0. The first-order chi connectivity index (χ1) is 12.4. The van der Waals surface area contributed by atoms with Crippen LogP contribution in [0.5, 0.6) is 0 Å². The second-order valence-corrected chi connectivity index (χ2v) is 6.14. The van der Waals surface area contributed by atoms with E-state index in [9.17, 15) is 18.0 Å².